The number of anilines is 1. The van der Waals surface area contributed by atoms with Gasteiger partial charge in [0.2, 0.25) is 12.5 Å². The van der Waals surface area contributed by atoms with Crippen molar-refractivity contribution in [1.82, 2.24) is 4.98 Å². The summed E-state index contributed by atoms with van der Waals surface area (Å²) < 4.78 is 53.3. The van der Waals surface area contributed by atoms with Crippen molar-refractivity contribution in [3.05, 3.63) is 65.9 Å². The quantitative estimate of drug-likeness (QED) is 0.157. The summed E-state index contributed by atoms with van der Waals surface area (Å²) in [6.07, 6.45) is 5.76. The number of halogens is 2. The Morgan fingerprint density at radius 2 is 1.93 bits per heavy atom. The van der Waals surface area contributed by atoms with Gasteiger partial charge in [0, 0.05) is 25.1 Å². The third-order valence-electron chi connectivity index (χ3n) is 7.55. The lowest BCUT2D eigenvalue weighted by atomic mass is 9.95. The van der Waals surface area contributed by atoms with Gasteiger partial charge in [-0.05, 0) is 60.5 Å². The van der Waals surface area contributed by atoms with Crippen LogP contribution in [-0.4, -0.2) is 32.0 Å². The molecule has 2 aliphatic heterocycles. The standard InChI is InChI=1S/C31H28F2N3O4S/c1-37-25-6-5-18-11-24-21-15-27-26(39-17-40-27)12-19(21)7-9-36(24)16-22(18)30(25)38-10-4-2-3-8-34-31-35-29-23(33)13-20(32)14-28(29)41-31/h5-6,11-16H,2-4,7-10,17H2,1H3,(H,34,35)/q+1. The highest BCUT2D eigenvalue weighted by molar-refractivity contribution is 7.22. The molecule has 0 bridgehead atoms. The van der Waals surface area contributed by atoms with Gasteiger partial charge in [-0.2, -0.15) is 4.57 Å². The zero-order chi connectivity index (χ0) is 27.9. The Bertz CT molecular complexity index is 1790. The number of ether oxygens (including phenoxy) is 4. The second kappa shape index (κ2) is 10.7. The van der Waals surface area contributed by atoms with Crippen molar-refractivity contribution in [1.29, 1.82) is 0 Å². The van der Waals surface area contributed by atoms with Gasteiger partial charge in [-0.1, -0.05) is 11.3 Å². The maximum absolute atomic E-state index is 13.9. The van der Waals surface area contributed by atoms with Gasteiger partial charge >= 0.3 is 0 Å². The van der Waals surface area contributed by atoms with E-state index in [2.05, 4.69) is 45.3 Å². The van der Waals surface area contributed by atoms with Crippen LogP contribution >= 0.6 is 11.3 Å². The lowest BCUT2D eigenvalue weighted by molar-refractivity contribution is -0.686. The van der Waals surface area contributed by atoms with Crippen LogP contribution in [0.2, 0.25) is 0 Å². The van der Waals surface area contributed by atoms with Crippen LogP contribution in [0.25, 0.3) is 32.2 Å². The molecule has 1 N–H and O–H groups in total. The summed E-state index contributed by atoms with van der Waals surface area (Å²) >= 11 is 1.25. The minimum absolute atomic E-state index is 0.201. The molecule has 2 aliphatic rings. The molecule has 0 saturated carbocycles. The fourth-order valence-electron chi connectivity index (χ4n) is 5.51. The summed E-state index contributed by atoms with van der Waals surface area (Å²) in [6.45, 7) is 2.36. The second-order valence-electron chi connectivity index (χ2n) is 10.2. The first kappa shape index (κ1) is 25.8. The molecule has 0 radical (unpaired) electrons. The van der Waals surface area contributed by atoms with Gasteiger partial charge in [0.25, 0.3) is 0 Å². The van der Waals surface area contributed by atoms with E-state index in [9.17, 15) is 8.78 Å². The van der Waals surface area contributed by atoms with E-state index in [0.717, 1.165) is 77.6 Å². The molecule has 3 aromatic carbocycles. The predicted molar refractivity (Wildman–Crippen MR) is 153 cm³/mol. The maximum Gasteiger partial charge on any atom is 0.231 e. The van der Waals surface area contributed by atoms with Crippen molar-refractivity contribution in [3.63, 3.8) is 0 Å². The van der Waals surface area contributed by atoms with Gasteiger partial charge in [-0.3, -0.25) is 0 Å². The highest BCUT2D eigenvalue weighted by atomic mass is 32.1. The first-order chi connectivity index (χ1) is 20.1. The Hall–Kier alpha value is -4.18. The molecular weight excluding hydrogens is 548 g/mol. The number of hydrogen-bond acceptors (Lipinski definition) is 7. The zero-order valence-corrected chi connectivity index (χ0v) is 23.3. The van der Waals surface area contributed by atoms with Crippen LogP contribution in [0.1, 0.15) is 24.8 Å². The average molecular weight is 577 g/mol. The Labute approximate surface area is 239 Å². The molecule has 0 aliphatic carbocycles. The van der Waals surface area contributed by atoms with E-state index in [1.807, 2.05) is 6.07 Å². The minimum atomic E-state index is -0.637. The van der Waals surface area contributed by atoms with E-state index < -0.39 is 11.6 Å². The molecule has 210 valence electrons. The molecule has 7 nitrogen and oxygen atoms in total. The molecule has 2 aromatic heterocycles. The summed E-state index contributed by atoms with van der Waals surface area (Å²) in [4.78, 5) is 4.25. The third kappa shape index (κ3) is 4.86. The fraction of sp³-hybridized carbons (Fsp3) is 0.290. The topological polar surface area (TPSA) is 65.7 Å². The van der Waals surface area contributed by atoms with Gasteiger partial charge in [0.1, 0.15) is 11.3 Å². The first-order valence-corrected chi connectivity index (χ1v) is 14.5. The lowest BCUT2D eigenvalue weighted by Gasteiger charge is -2.18. The number of methoxy groups -OCH3 is 1. The Morgan fingerprint density at radius 1 is 1.05 bits per heavy atom. The molecular formula is C31H28F2N3O4S+. The molecule has 0 spiro atoms. The van der Waals surface area contributed by atoms with Gasteiger partial charge in [0.15, 0.2) is 46.7 Å². The van der Waals surface area contributed by atoms with Gasteiger partial charge < -0.3 is 24.3 Å². The van der Waals surface area contributed by atoms with Crippen LogP contribution in [0, 0.1) is 11.6 Å². The van der Waals surface area contributed by atoms with E-state index >= 15 is 0 Å². The smallest absolute Gasteiger partial charge is 0.231 e. The monoisotopic (exact) mass is 576 g/mol. The molecule has 10 heteroatoms. The van der Waals surface area contributed by atoms with Crippen LogP contribution in [0.4, 0.5) is 13.9 Å². The van der Waals surface area contributed by atoms with Crippen molar-refractivity contribution in [2.45, 2.75) is 32.2 Å². The molecule has 0 fully saturated rings. The molecule has 41 heavy (non-hydrogen) atoms. The lowest BCUT2D eigenvalue weighted by Crippen LogP contribution is -2.40. The van der Waals surface area contributed by atoms with Crippen molar-refractivity contribution in [2.24, 2.45) is 0 Å². The molecule has 7 rings (SSSR count). The summed E-state index contributed by atoms with van der Waals surface area (Å²) in [5, 5.41) is 5.90. The van der Waals surface area contributed by atoms with E-state index in [0.29, 0.717) is 28.7 Å². The fourth-order valence-corrected chi connectivity index (χ4v) is 6.44. The van der Waals surface area contributed by atoms with Crippen LogP contribution < -0.4 is 28.8 Å². The molecule has 0 amide bonds. The predicted octanol–water partition coefficient (Wildman–Crippen LogP) is 6.64. The normalized spacial score (nSPS) is 13.3. The molecule has 4 heterocycles. The zero-order valence-electron chi connectivity index (χ0n) is 22.5. The third-order valence-corrected chi connectivity index (χ3v) is 8.51. The van der Waals surface area contributed by atoms with Crippen molar-refractivity contribution >= 4 is 37.5 Å². The SMILES string of the molecule is COc1ccc2cc3[n+](cc2c1OCCCCCNc1nc2c(F)cc(F)cc2s1)CCc1cc2c(cc1-3)OCO2. The number of thiazole rings is 1. The summed E-state index contributed by atoms with van der Waals surface area (Å²) in [5.41, 5.74) is 3.77. The second-order valence-corrected chi connectivity index (χ2v) is 11.2. The van der Waals surface area contributed by atoms with Crippen molar-refractivity contribution in [2.75, 3.05) is 32.4 Å². The van der Waals surface area contributed by atoms with Crippen molar-refractivity contribution in [3.8, 4) is 34.3 Å². The average Bonchev–Trinajstić information content (AvgIpc) is 3.61. The first-order valence-electron chi connectivity index (χ1n) is 13.7. The number of rotatable bonds is 9. The minimum Gasteiger partial charge on any atom is -0.493 e. The van der Waals surface area contributed by atoms with E-state index in [-0.39, 0.29) is 12.3 Å². The number of hydrogen-bond donors (Lipinski definition) is 1. The van der Waals surface area contributed by atoms with E-state index in [4.69, 9.17) is 18.9 Å². The van der Waals surface area contributed by atoms with Crippen LogP contribution in [0.3, 0.4) is 0 Å². The highest BCUT2D eigenvalue weighted by Gasteiger charge is 2.28. The van der Waals surface area contributed by atoms with Gasteiger partial charge in [-0.15, -0.1) is 0 Å². The van der Waals surface area contributed by atoms with Gasteiger partial charge in [-0.25, -0.2) is 13.8 Å². The number of nitrogens with zero attached hydrogens (tertiary/aromatic N) is 2. The molecule has 0 saturated heterocycles. The number of pyridine rings is 1. The number of unbranched alkanes of at least 4 members (excludes halogenated alkanes) is 2. The maximum atomic E-state index is 13.9. The van der Waals surface area contributed by atoms with Crippen LogP contribution in [-0.2, 0) is 13.0 Å². The summed E-state index contributed by atoms with van der Waals surface area (Å²) in [5.74, 6) is 1.83. The number of aryl methyl sites for hydroxylation is 2. The van der Waals surface area contributed by atoms with Crippen LogP contribution in [0.5, 0.6) is 23.0 Å². The van der Waals surface area contributed by atoms with Gasteiger partial charge in [0.05, 0.1) is 29.4 Å². The molecule has 0 atom stereocenters. The Kier molecular flexibility index (Phi) is 6.70. The summed E-state index contributed by atoms with van der Waals surface area (Å²) in [7, 11) is 1.66. The Morgan fingerprint density at radius 3 is 2.80 bits per heavy atom. The number of nitrogens with one attached hydrogen (secondary N) is 1. The van der Waals surface area contributed by atoms with Crippen LogP contribution in [0.15, 0.2) is 48.7 Å². The van der Waals surface area contributed by atoms with Crippen molar-refractivity contribution < 1.29 is 32.3 Å². The molecule has 0 unspecified atom stereocenters. The summed E-state index contributed by atoms with van der Waals surface area (Å²) in [6, 6.07) is 12.6. The number of benzene rings is 3. The molecule has 5 aromatic rings. The number of fused-ring (bicyclic) bond motifs is 6. The van der Waals surface area contributed by atoms with E-state index in [1.54, 1.807) is 7.11 Å². The highest BCUT2D eigenvalue weighted by Crippen LogP contribution is 2.41. The largest absolute Gasteiger partial charge is 0.493 e. The Balaban J connectivity index is 1.01. The number of aromatic nitrogens is 2. The van der Waals surface area contributed by atoms with E-state index in [1.165, 1.54) is 23.0 Å².